The van der Waals surface area contributed by atoms with Gasteiger partial charge in [0, 0.05) is 11.1 Å². The van der Waals surface area contributed by atoms with Gasteiger partial charge in [0.05, 0.1) is 11.5 Å². The van der Waals surface area contributed by atoms with Crippen LogP contribution in [0.15, 0.2) is 23.1 Å². The Hall–Kier alpha value is -0.270. The fraction of sp³-hybridized carbons (Fsp3) is 0.500. The molecule has 19 heavy (non-hydrogen) atoms. The van der Waals surface area contributed by atoms with Gasteiger partial charge in [0.25, 0.3) is 0 Å². The number of thioether (sulfide) groups is 1. The summed E-state index contributed by atoms with van der Waals surface area (Å²) in [5.74, 6) is 0.897. The van der Waals surface area contributed by atoms with Crippen molar-refractivity contribution >= 4 is 33.4 Å². The second kappa shape index (κ2) is 7.50. The Morgan fingerprint density at radius 3 is 2.68 bits per heavy atom. The van der Waals surface area contributed by atoms with Crippen LogP contribution in [0.2, 0.25) is 5.02 Å². The first-order chi connectivity index (χ1) is 8.90. The minimum atomic E-state index is -3.56. The third kappa shape index (κ3) is 4.96. The van der Waals surface area contributed by atoms with E-state index in [0.29, 0.717) is 5.56 Å². The number of hydrogen-bond acceptors (Lipinski definition) is 4. The topological polar surface area (TPSA) is 66.4 Å². The van der Waals surface area contributed by atoms with Crippen LogP contribution >= 0.6 is 23.4 Å². The van der Waals surface area contributed by atoms with E-state index in [0.717, 1.165) is 12.2 Å². The molecular weight excluding hydrogens is 306 g/mol. The van der Waals surface area contributed by atoms with Crippen molar-refractivity contribution < 1.29 is 13.5 Å². The highest BCUT2D eigenvalue weighted by Gasteiger charge is 2.18. The fourth-order valence-electron chi connectivity index (χ4n) is 1.51. The molecule has 1 unspecified atom stereocenters. The van der Waals surface area contributed by atoms with Gasteiger partial charge in [-0.25, -0.2) is 13.1 Å². The number of aliphatic hydroxyl groups is 1. The lowest BCUT2D eigenvalue weighted by Gasteiger charge is -2.14. The highest BCUT2D eigenvalue weighted by Crippen LogP contribution is 2.21. The summed E-state index contributed by atoms with van der Waals surface area (Å²) >= 11 is 7.58. The first-order valence-electron chi connectivity index (χ1n) is 5.81. The maximum absolute atomic E-state index is 12.1. The van der Waals surface area contributed by atoms with E-state index in [9.17, 15) is 8.42 Å². The maximum Gasteiger partial charge on any atom is 0.240 e. The van der Waals surface area contributed by atoms with Crippen LogP contribution in [0, 0.1) is 0 Å². The monoisotopic (exact) mass is 323 g/mol. The number of halogens is 1. The van der Waals surface area contributed by atoms with Crippen LogP contribution in [0.25, 0.3) is 0 Å². The second-order valence-corrected chi connectivity index (χ2v) is 7.32. The molecule has 0 spiro atoms. The Labute approximate surface area is 123 Å². The molecule has 0 saturated carbocycles. The van der Waals surface area contributed by atoms with Gasteiger partial charge in [-0.15, -0.1) is 0 Å². The molecule has 0 bridgehead atoms. The predicted octanol–water partition coefficient (Wildman–Crippen LogP) is 2.25. The third-order valence-electron chi connectivity index (χ3n) is 2.62. The minimum Gasteiger partial charge on any atom is -0.392 e. The Bertz CT molecular complexity index is 520. The highest BCUT2D eigenvalue weighted by molar-refractivity contribution is 7.98. The number of benzene rings is 1. The summed E-state index contributed by atoms with van der Waals surface area (Å²) in [4.78, 5) is 0.116. The smallest absolute Gasteiger partial charge is 0.240 e. The zero-order valence-electron chi connectivity index (χ0n) is 10.9. The molecule has 0 saturated heterocycles. The molecule has 0 radical (unpaired) electrons. The third-order valence-corrected chi connectivity index (χ3v) is 5.20. The minimum absolute atomic E-state index is 0.116. The van der Waals surface area contributed by atoms with Gasteiger partial charge < -0.3 is 5.11 Å². The van der Waals surface area contributed by atoms with Crippen molar-refractivity contribution in [2.75, 3.05) is 12.0 Å². The van der Waals surface area contributed by atoms with E-state index < -0.39 is 10.0 Å². The molecular formula is C12H18ClNO3S2. The summed E-state index contributed by atoms with van der Waals surface area (Å²) in [6.07, 6.45) is 2.75. The fourth-order valence-corrected chi connectivity index (χ4v) is 3.71. The molecule has 7 heteroatoms. The Balaban J connectivity index is 2.85. The summed E-state index contributed by atoms with van der Waals surface area (Å²) in [6, 6.07) is 4.19. The molecule has 2 N–H and O–H groups in total. The SMILES string of the molecule is CSCCC(C)NS(=O)(=O)c1ccc(CO)c(Cl)c1. The normalized spacial score (nSPS) is 13.5. The van der Waals surface area contributed by atoms with Crippen molar-refractivity contribution in [1.29, 1.82) is 0 Å². The average molecular weight is 324 g/mol. The van der Waals surface area contributed by atoms with E-state index in [1.54, 1.807) is 11.8 Å². The van der Waals surface area contributed by atoms with Crippen LogP contribution < -0.4 is 4.72 Å². The summed E-state index contributed by atoms with van der Waals surface area (Å²) in [7, 11) is -3.56. The van der Waals surface area contributed by atoms with Gasteiger partial charge in [0.2, 0.25) is 10.0 Å². The molecule has 1 atom stereocenters. The Kier molecular flexibility index (Phi) is 6.62. The van der Waals surface area contributed by atoms with Crippen LogP contribution in [0.3, 0.4) is 0 Å². The van der Waals surface area contributed by atoms with Crippen LogP contribution in [0.5, 0.6) is 0 Å². The van der Waals surface area contributed by atoms with Gasteiger partial charge in [0.15, 0.2) is 0 Å². The van der Waals surface area contributed by atoms with Gasteiger partial charge in [-0.05, 0) is 43.0 Å². The lowest BCUT2D eigenvalue weighted by atomic mass is 10.2. The summed E-state index contributed by atoms with van der Waals surface area (Å²) in [5, 5.41) is 9.25. The van der Waals surface area contributed by atoms with Gasteiger partial charge in [-0.3, -0.25) is 0 Å². The van der Waals surface area contributed by atoms with E-state index in [1.165, 1.54) is 18.2 Å². The van der Waals surface area contributed by atoms with Crippen LogP contribution in [-0.4, -0.2) is 31.6 Å². The lowest BCUT2D eigenvalue weighted by Crippen LogP contribution is -2.33. The Morgan fingerprint density at radius 1 is 1.47 bits per heavy atom. The second-order valence-electron chi connectivity index (χ2n) is 4.22. The van der Waals surface area contributed by atoms with E-state index in [4.69, 9.17) is 16.7 Å². The predicted molar refractivity (Wildman–Crippen MR) is 80.2 cm³/mol. The van der Waals surface area contributed by atoms with Crippen LogP contribution in [-0.2, 0) is 16.6 Å². The quantitative estimate of drug-likeness (QED) is 0.807. The van der Waals surface area contributed by atoms with Gasteiger partial charge in [0.1, 0.15) is 0 Å². The molecule has 1 aromatic rings. The molecule has 0 amide bonds. The van der Waals surface area contributed by atoms with E-state index in [-0.39, 0.29) is 22.6 Å². The molecule has 1 aromatic carbocycles. The molecule has 0 aliphatic rings. The summed E-state index contributed by atoms with van der Waals surface area (Å²) < 4.78 is 26.8. The van der Waals surface area contributed by atoms with E-state index >= 15 is 0 Å². The first-order valence-corrected chi connectivity index (χ1v) is 9.06. The molecule has 0 aliphatic heterocycles. The summed E-state index contributed by atoms with van der Waals surface area (Å²) in [6.45, 7) is 1.62. The number of nitrogens with one attached hydrogen (secondary N) is 1. The highest BCUT2D eigenvalue weighted by atomic mass is 35.5. The van der Waals surface area contributed by atoms with Gasteiger partial charge >= 0.3 is 0 Å². The van der Waals surface area contributed by atoms with Gasteiger partial charge in [-0.2, -0.15) is 11.8 Å². The number of aliphatic hydroxyl groups excluding tert-OH is 1. The molecule has 4 nitrogen and oxygen atoms in total. The summed E-state index contributed by atoms with van der Waals surface area (Å²) in [5.41, 5.74) is 0.510. The molecule has 0 aromatic heterocycles. The number of rotatable bonds is 7. The van der Waals surface area contributed by atoms with Crippen molar-refractivity contribution in [1.82, 2.24) is 4.72 Å². The molecule has 0 aliphatic carbocycles. The molecule has 0 fully saturated rings. The van der Waals surface area contributed by atoms with Crippen molar-refractivity contribution in [2.24, 2.45) is 0 Å². The zero-order chi connectivity index (χ0) is 14.5. The first kappa shape index (κ1) is 16.8. The van der Waals surface area contributed by atoms with Gasteiger partial charge in [-0.1, -0.05) is 17.7 Å². The van der Waals surface area contributed by atoms with Crippen molar-refractivity contribution in [3.05, 3.63) is 28.8 Å². The van der Waals surface area contributed by atoms with Crippen molar-refractivity contribution in [3.8, 4) is 0 Å². The number of hydrogen-bond donors (Lipinski definition) is 2. The Morgan fingerprint density at radius 2 is 2.16 bits per heavy atom. The van der Waals surface area contributed by atoms with Crippen molar-refractivity contribution in [3.63, 3.8) is 0 Å². The largest absolute Gasteiger partial charge is 0.392 e. The molecule has 0 heterocycles. The molecule has 1 rings (SSSR count). The van der Waals surface area contributed by atoms with Crippen LogP contribution in [0.4, 0.5) is 0 Å². The molecule has 108 valence electrons. The van der Waals surface area contributed by atoms with Crippen molar-refractivity contribution in [2.45, 2.75) is 30.9 Å². The van der Waals surface area contributed by atoms with Crippen LogP contribution in [0.1, 0.15) is 18.9 Å². The van der Waals surface area contributed by atoms with E-state index in [1.807, 2.05) is 13.2 Å². The average Bonchev–Trinajstić information content (AvgIpc) is 2.35. The maximum atomic E-state index is 12.1. The van der Waals surface area contributed by atoms with E-state index in [2.05, 4.69) is 4.72 Å². The standard InChI is InChI=1S/C12H18ClNO3S2/c1-9(5-6-18-2)14-19(16,17)11-4-3-10(8-15)12(13)7-11/h3-4,7,9,14-15H,5-6,8H2,1-2H3. The lowest BCUT2D eigenvalue weighted by molar-refractivity contribution is 0.282. The number of sulfonamides is 1. The zero-order valence-corrected chi connectivity index (χ0v) is 13.3.